The Labute approximate surface area is 195 Å². The first kappa shape index (κ1) is 32.4. The average Bonchev–Trinajstić information content (AvgIpc) is 2.68. The van der Waals surface area contributed by atoms with Crippen molar-refractivity contribution in [3.05, 3.63) is 0 Å². The van der Waals surface area contributed by atoms with Gasteiger partial charge >= 0.3 is 0 Å². The van der Waals surface area contributed by atoms with Crippen LogP contribution in [-0.2, 0) is 0 Å². The Hall–Kier alpha value is 0.170. The fraction of sp³-hybridized carbons (Fsp3) is 1.00. The number of rotatable bonds is 23. The van der Waals surface area contributed by atoms with Gasteiger partial charge in [0.25, 0.3) is 0 Å². The van der Waals surface area contributed by atoms with Crippen LogP contribution >= 0.6 is 12.4 Å². The number of nitrogens with two attached hydrogens (primary N) is 1. The normalized spacial score (nSPS) is 13.4. The lowest BCUT2D eigenvalue weighted by Gasteiger charge is -2.22. The number of unbranched alkanes of at least 4 members (excludes halogenated alkanes) is 19. The first-order valence-electron chi connectivity index (χ1n) is 13.2. The molecule has 0 spiro atoms. The molecule has 0 aliphatic rings. The third-order valence-electron chi connectivity index (χ3n) is 6.45. The number of hydrogen-bond acceptors (Lipinski definition) is 3. The summed E-state index contributed by atoms with van der Waals surface area (Å²) in [4.78, 5) is 0. The van der Waals surface area contributed by atoms with Gasteiger partial charge in [-0.25, -0.2) is 0 Å². The first-order valence-corrected chi connectivity index (χ1v) is 13.2. The summed E-state index contributed by atoms with van der Waals surface area (Å²) in [5, 5.41) is 18.6. The molecule has 0 amide bonds. The molecule has 0 saturated heterocycles. The van der Waals surface area contributed by atoms with Crippen LogP contribution in [0, 0.1) is 5.92 Å². The van der Waals surface area contributed by atoms with Crippen molar-refractivity contribution < 1.29 is 10.2 Å². The van der Waals surface area contributed by atoms with E-state index in [1.807, 2.05) is 6.92 Å². The topological polar surface area (TPSA) is 66.5 Å². The zero-order chi connectivity index (χ0) is 21.6. The van der Waals surface area contributed by atoms with Gasteiger partial charge in [0.1, 0.15) is 0 Å². The second-order valence-electron chi connectivity index (χ2n) is 9.44. The highest BCUT2D eigenvalue weighted by molar-refractivity contribution is 5.85. The van der Waals surface area contributed by atoms with Gasteiger partial charge in [0.2, 0.25) is 0 Å². The van der Waals surface area contributed by atoms with Gasteiger partial charge in [-0.3, -0.25) is 0 Å². The Morgan fingerprint density at radius 1 is 0.533 bits per heavy atom. The summed E-state index contributed by atoms with van der Waals surface area (Å²) in [5.74, 6) is -0.175. The minimum absolute atomic E-state index is 0. The van der Waals surface area contributed by atoms with Crippen LogP contribution in [0.4, 0.5) is 0 Å². The zero-order valence-electron chi connectivity index (χ0n) is 20.5. The molecule has 0 aromatic rings. The van der Waals surface area contributed by atoms with Crippen molar-refractivity contribution in [2.75, 3.05) is 0 Å². The maximum absolute atomic E-state index is 9.32. The van der Waals surface area contributed by atoms with Gasteiger partial charge in [-0.1, -0.05) is 135 Å². The molecule has 0 heterocycles. The zero-order valence-corrected chi connectivity index (χ0v) is 21.3. The molecule has 3 nitrogen and oxygen atoms in total. The Balaban J connectivity index is 0. The standard InChI is InChI=1S/C26H55NO2.ClH/c1-3-4-5-6-7-8-9-10-11-12-13-14-15-16-17-18-19-20-21-22-23-25(24(2)27)26(28)29;/h24-26,28-29H,3-23,27H2,1-2H3;1H. The molecule has 4 N–H and O–H groups in total. The minimum Gasteiger partial charge on any atom is -0.368 e. The molecule has 0 aromatic heterocycles. The lowest BCUT2D eigenvalue weighted by molar-refractivity contribution is -0.0915. The molecule has 2 atom stereocenters. The monoisotopic (exact) mass is 449 g/mol. The maximum Gasteiger partial charge on any atom is 0.155 e. The van der Waals surface area contributed by atoms with E-state index in [4.69, 9.17) is 5.73 Å². The molecule has 184 valence electrons. The van der Waals surface area contributed by atoms with Crippen LogP contribution in [0.3, 0.4) is 0 Å². The SMILES string of the molecule is CCCCCCCCCCCCCCCCCCCCCCC(C(C)N)C(O)O.Cl. The minimum atomic E-state index is -1.27. The van der Waals surface area contributed by atoms with E-state index in [9.17, 15) is 10.2 Å². The van der Waals surface area contributed by atoms with E-state index >= 15 is 0 Å². The summed E-state index contributed by atoms with van der Waals surface area (Å²) >= 11 is 0. The van der Waals surface area contributed by atoms with E-state index < -0.39 is 6.29 Å². The van der Waals surface area contributed by atoms with Gasteiger partial charge in [0.05, 0.1) is 0 Å². The fourth-order valence-electron chi connectivity index (χ4n) is 4.32. The van der Waals surface area contributed by atoms with Crippen LogP contribution in [0.15, 0.2) is 0 Å². The molecule has 0 aromatic carbocycles. The van der Waals surface area contributed by atoms with Crippen LogP contribution in [-0.4, -0.2) is 22.5 Å². The summed E-state index contributed by atoms with van der Waals surface area (Å²) < 4.78 is 0. The summed E-state index contributed by atoms with van der Waals surface area (Å²) in [6, 6.07) is -0.143. The van der Waals surface area contributed by atoms with Crippen LogP contribution in [0.1, 0.15) is 149 Å². The Morgan fingerprint density at radius 3 is 1.03 bits per heavy atom. The molecule has 0 bridgehead atoms. The second-order valence-corrected chi connectivity index (χ2v) is 9.44. The molecular formula is C26H56ClNO2. The predicted molar refractivity (Wildman–Crippen MR) is 135 cm³/mol. The highest BCUT2D eigenvalue weighted by atomic mass is 35.5. The Bertz CT molecular complexity index is 305. The molecule has 0 saturated carbocycles. The fourth-order valence-corrected chi connectivity index (χ4v) is 4.32. The third-order valence-corrected chi connectivity index (χ3v) is 6.45. The van der Waals surface area contributed by atoms with Crippen molar-refractivity contribution in [2.45, 2.75) is 161 Å². The number of aliphatic hydroxyl groups is 2. The highest BCUT2D eigenvalue weighted by Gasteiger charge is 2.20. The van der Waals surface area contributed by atoms with Gasteiger partial charge in [-0.05, 0) is 13.3 Å². The number of halogens is 1. The van der Waals surface area contributed by atoms with Crippen molar-refractivity contribution in [1.29, 1.82) is 0 Å². The van der Waals surface area contributed by atoms with E-state index in [0.29, 0.717) is 0 Å². The van der Waals surface area contributed by atoms with E-state index in [0.717, 1.165) is 12.8 Å². The van der Waals surface area contributed by atoms with Crippen LogP contribution in [0.5, 0.6) is 0 Å². The molecule has 0 fully saturated rings. The van der Waals surface area contributed by atoms with Gasteiger partial charge in [0, 0.05) is 12.0 Å². The smallest absolute Gasteiger partial charge is 0.155 e. The second kappa shape index (κ2) is 25.4. The third kappa shape index (κ3) is 22.8. The summed E-state index contributed by atoms with van der Waals surface area (Å²) in [6.45, 7) is 4.15. The molecule has 0 radical (unpaired) electrons. The first-order chi connectivity index (χ1) is 14.1. The summed E-state index contributed by atoms with van der Waals surface area (Å²) in [6.07, 6.45) is 27.2. The molecule has 2 unspecified atom stereocenters. The van der Waals surface area contributed by atoms with Gasteiger partial charge < -0.3 is 15.9 Å². The van der Waals surface area contributed by atoms with Crippen LogP contribution in [0.25, 0.3) is 0 Å². The lowest BCUT2D eigenvalue weighted by atomic mass is 9.94. The van der Waals surface area contributed by atoms with Gasteiger partial charge in [0.15, 0.2) is 6.29 Å². The van der Waals surface area contributed by atoms with Crippen molar-refractivity contribution in [3.8, 4) is 0 Å². The Kier molecular flexibility index (Phi) is 27.4. The van der Waals surface area contributed by atoms with E-state index in [1.54, 1.807) is 0 Å². The molecule has 30 heavy (non-hydrogen) atoms. The molecule has 0 aliphatic heterocycles. The van der Waals surface area contributed by atoms with Crippen molar-refractivity contribution >= 4 is 12.4 Å². The highest BCUT2D eigenvalue weighted by Crippen LogP contribution is 2.18. The van der Waals surface area contributed by atoms with Gasteiger partial charge in [-0.15, -0.1) is 12.4 Å². The largest absolute Gasteiger partial charge is 0.368 e. The summed E-state index contributed by atoms with van der Waals surface area (Å²) in [5.41, 5.74) is 5.80. The predicted octanol–water partition coefficient (Wildman–Crippen LogP) is 7.89. The van der Waals surface area contributed by atoms with Crippen molar-refractivity contribution in [3.63, 3.8) is 0 Å². The number of hydrogen-bond donors (Lipinski definition) is 3. The van der Waals surface area contributed by atoms with Crippen LogP contribution < -0.4 is 5.73 Å². The van der Waals surface area contributed by atoms with E-state index in [1.165, 1.54) is 122 Å². The van der Waals surface area contributed by atoms with Gasteiger partial charge in [-0.2, -0.15) is 0 Å². The number of aliphatic hydroxyl groups excluding tert-OH is 1. The van der Waals surface area contributed by atoms with E-state index in [-0.39, 0.29) is 24.4 Å². The molecule has 4 heteroatoms. The average molecular weight is 450 g/mol. The molecule has 0 rings (SSSR count). The van der Waals surface area contributed by atoms with Crippen LogP contribution in [0.2, 0.25) is 0 Å². The summed E-state index contributed by atoms with van der Waals surface area (Å²) in [7, 11) is 0. The molecule has 0 aliphatic carbocycles. The lowest BCUT2D eigenvalue weighted by Crippen LogP contribution is -2.35. The molecular weight excluding hydrogens is 394 g/mol. The quantitative estimate of drug-likeness (QED) is 0.110. The maximum atomic E-state index is 9.32. The van der Waals surface area contributed by atoms with E-state index in [2.05, 4.69) is 6.92 Å². The Morgan fingerprint density at radius 2 is 0.800 bits per heavy atom. The van der Waals surface area contributed by atoms with Crippen molar-refractivity contribution in [2.24, 2.45) is 11.7 Å². The van der Waals surface area contributed by atoms with Crippen molar-refractivity contribution in [1.82, 2.24) is 0 Å².